The van der Waals surface area contributed by atoms with Crippen molar-refractivity contribution in [2.24, 2.45) is 5.92 Å². The first kappa shape index (κ1) is 19.1. The van der Waals surface area contributed by atoms with Gasteiger partial charge in [-0.2, -0.15) is 0 Å². The van der Waals surface area contributed by atoms with Gasteiger partial charge in [0.15, 0.2) is 0 Å². The molecule has 2 N–H and O–H groups in total. The zero-order chi connectivity index (χ0) is 19.4. The molecule has 6 nitrogen and oxygen atoms in total. The van der Waals surface area contributed by atoms with Gasteiger partial charge in [0.05, 0.1) is 11.7 Å². The van der Waals surface area contributed by atoms with E-state index in [1.165, 1.54) is 5.01 Å². The molecular formula is C20H23N3O3S. The van der Waals surface area contributed by atoms with Gasteiger partial charge >= 0.3 is 0 Å². The lowest BCUT2D eigenvalue weighted by atomic mass is 10.0. The Labute approximate surface area is 162 Å². The molecule has 1 atom stereocenters. The molecule has 27 heavy (non-hydrogen) atoms. The van der Waals surface area contributed by atoms with Gasteiger partial charge in [0, 0.05) is 23.3 Å². The highest BCUT2D eigenvalue weighted by atomic mass is 32.1. The maximum Gasteiger partial charge on any atom is 0.251 e. The van der Waals surface area contributed by atoms with E-state index in [4.69, 9.17) is 0 Å². The fourth-order valence-corrected chi connectivity index (χ4v) is 3.79. The average molecular weight is 385 g/mol. The number of nitrogens with one attached hydrogen (secondary N) is 2. The number of hydrogen-bond donors (Lipinski definition) is 2. The third-order valence-electron chi connectivity index (χ3n) is 4.34. The summed E-state index contributed by atoms with van der Waals surface area (Å²) in [6.45, 7) is 4.26. The number of anilines is 1. The van der Waals surface area contributed by atoms with E-state index in [0.717, 1.165) is 11.3 Å². The van der Waals surface area contributed by atoms with Crippen molar-refractivity contribution in [1.82, 2.24) is 10.7 Å². The van der Waals surface area contributed by atoms with Crippen molar-refractivity contribution in [2.75, 3.05) is 5.01 Å². The summed E-state index contributed by atoms with van der Waals surface area (Å²) in [4.78, 5) is 37.3. The van der Waals surface area contributed by atoms with Gasteiger partial charge in [0.25, 0.3) is 5.91 Å². The molecular weight excluding hydrogens is 362 g/mol. The van der Waals surface area contributed by atoms with Crippen molar-refractivity contribution in [3.63, 3.8) is 0 Å². The van der Waals surface area contributed by atoms with E-state index < -0.39 is 0 Å². The van der Waals surface area contributed by atoms with Crippen LogP contribution in [0.15, 0.2) is 41.8 Å². The fraction of sp³-hybridized carbons (Fsp3) is 0.350. The highest BCUT2D eigenvalue weighted by Crippen LogP contribution is 2.26. The van der Waals surface area contributed by atoms with E-state index in [1.807, 2.05) is 17.5 Å². The molecule has 1 unspecified atom stereocenters. The summed E-state index contributed by atoms with van der Waals surface area (Å²) >= 11 is 1.63. The zero-order valence-electron chi connectivity index (χ0n) is 15.4. The van der Waals surface area contributed by atoms with E-state index in [9.17, 15) is 14.4 Å². The molecule has 0 spiro atoms. The summed E-state index contributed by atoms with van der Waals surface area (Å²) in [5, 5.41) is 6.35. The van der Waals surface area contributed by atoms with Crippen LogP contribution in [0.4, 0.5) is 5.69 Å². The molecule has 1 aromatic heterocycles. The van der Waals surface area contributed by atoms with Crippen LogP contribution in [-0.2, 0) is 9.59 Å². The van der Waals surface area contributed by atoms with Crippen LogP contribution in [0.2, 0.25) is 0 Å². The van der Waals surface area contributed by atoms with Crippen molar-refractivity contribution in [3.05, 3.63) is 52.2 Å². The van der Waals surface area contributed by atoms with Crippen LogP contribution >= 0.6 is 11.3 Å². The van der Waals surface area contributed by atoms with Crippen LogP contribution in [-0.4, -0.2) is 17.7 Å². The normalized spacial score (nSPS) is 15.6. The molecule has 0 radical (unpaired) electrons. The van der Waals surface area contributed by atoms with Gasteiger partial charge < -0.3 is 5.32 Å². The summed E-state index contributed by atoms with van der Waals surface area (Å²) in [5.74, 6) is -0.0616. The second-order valence-electron chi connectivity index (χ2n) is 6.98. The van der Waals surface area contributed by atoms with Gasteiger partial charge in [-0.3, -0.25) is 19.8 Å². The monoisotopic (exact) mass is 385 g/mol. The fourth-order valence-electron chi connectivity index (χ4n) is 2.99. The molecule has 142 valence electrons. The molecule has 1 aliphatic rings. The van der Waals surface area contributed by atoms with Crippen molar-refractivity contribution in [1.29, 1.82) is 0 Å². The topological polar surface area (TPSA) is 78.5 Å². The molecule has 1 fully saturated rings. The first-order chi connectivity index (χ1) is 12.9. The van der Waals surface area contributed by atoms with Gasteiger partial charge in [0.2, 0.25) is 11.8 Å². The van der Waals surface area contributed by atoms with Crippen molar-refractivity contribution in [2.45, 2.75) is 39.2 Å². The third-order valence-corrected chi connectivity index (χ3v) is 5.32. The van der Waals surface area contributed by atoms with Crippen LogP contribution in [0.1, 0.15) is 54.4 Å². The molecule has 2 aromatic rings. The minimum Gasteiger partial charge on any atom is -0.344 e. The smallest absolute Gasteiger partial charge is 0.251 e. The van der Waals surface area contributed by atoms with Crippen LogP contribution in [0.5, 0.6) is 0 Å². The van der Waals surface area contributed by atoms with E-state index >= 15 is 0 Å². The predicted octanol–water partition coefficient (Wildman–Crippen LogP) is 3.42. The number of hydrogen-bond acceptors (Lipinski definition) is 4. The second kappa shape index (κ2) is 8.35. The number of thiophene rings is 1. The standard InChI is InChI=1S/C20H23N3O3S/c1-13(2)12-16(17-4-3-11-27-17)21-20(26)14-5-7-15(8-6-14)23-19(25)10-9-18(24)22-23/h3-8,11,13,16H,9-10,12H2,1-2H3,(H,21,26)(H,22,24). The maximum atomic E-state index is 12.7. The molecule has 0 bridgehead atoms. The number of hydrazine groups is 1. The lowest BCUT2D eigenvalue weighted by molar-refractivity contribution is -0.130. The van der Waals surface area contributed by atoms with Gasteiger partial charge in [-0.05, 0) is 48.1 Å². The van der Waals surface area contributed by atoms with Crippen LogP contribution in [0.3, 0.4) is 0 Å². The Morgan fingerprint density at radius 1 is 1.19 bits per heavy atom. The van der Waals surface area contributed by atoms with E-state index in [-0.39, 0.29) is 36.6 Å². The third kappa shape index (κ3) is 4.74. The summed E-state index contributed by atoms with van der Waals surface area (Å²) in [7, 11) is 0. The van der Waals surface area contributed by atoms with Crippen LogP contribution in [0.25, 0.3) is 0 Å². The SMILES string of the molecule is CC(C)CC(NC(=O)c1ccc(N2NC(=O)CCC2=O)cc1)c1cccs1. The molecule has 1 aromatic carbocycles. The van der Waals surface area contributed by atoms with Crippen LogP contribution in [0, 0.1) is 5.92 Å². The Balaban J connectivity index is 1.71. The van der Waals surface area contributed by atoms with E-state index in [1.54, 1.807) is 35.6 Å². The maximum absolute atomic E-state index is 12.7. The first-order valence-corrected chi connectivity index (χ1v) is 9.89. The van der Waals surface area contributed by atoms with Gasteiger partial charge in [-0.15, -0.1) is 11.3 Å². The Hall–Kier alpha value is -2.67. The molecule has 0 aliphatic carbocycles. The predicted molar refractivity (Wildman–Crippen MR) is 105 cm³/mol. The van der Waals surface area contributed by atoms with Crippen molar-refractivity contribution in [3.8, 4) is 0 Å². The Bertz CT molecular complexity index is 816. The number of nitrogens with zero attached hydrogens (tertiary/aromatic N) is 1. The molecule has 2 heterocycles. The minimum absolute atomic E-state index is 0.0277. The zero-order valence-corrected chi connectivity index (χ0v) is 16.2. The van der Waals surface area contributed by atoms with Gasteiger partial charge in [-0.25, -0.2) is 5.01 Å². The van der Waals surface area contributed by atoms with Crippen LogP contribution < -0.4 is 15.8 Å². The Morgan fingerprint density at radius 3 is 2.56 bits per heavy atom. The number of carbonyl (C=O) groups is 3. The summed E-state index contributed by atoms with van der Waals surface area (Å²) < 4.78 is 0. The largest absolute Gasteiger partial charge is 0.344 e. The molecule has 0 saturated carbocycles. The Kier molecular flexibility index (Phi) is 5.91. The van der Waals surface area contributed by atoms with Crippen molar-refractivity contribution >= 4 is 34.7 Å². The van der Waals surface area contributed by atoms with Crippen molar-refractivity contribution < 1.29 is 14.4 Å². The lowest BCUT2D eigenvalue weighted by Gasteiger charge is -2.27. The summed E-state index contributed by atoms with van der Waals surface area (Å²) in [5.41, 5.74) is 3.61. The molecule has 1 saturated heterocycles. The molecule has 3 rings (SSSR count). The number of amides is 3. The number of benzene rings is 1. The van der Waals surface area contributed by atoms with Gasteiger partial charge in [-0.1, -0.05) is 19.9 Å². The molecule has 1 aliphatic heterocycles. The molecule has 7 heteroatoms. The summed E-state index contributed by atoms with van der Waals surface area (Å²) in [6.07, 6.45) is 1.25. The second-order valence-corrected chi connectivity index (χ2v) is 7.96. The van der Waals surface area contributed by atoms with Gasteiger partial charge in [0.1, 0.15) is 0 Å². The van der Waals surface area contributed by atoms with E-state index in [0.29, 0.717) is 17.2 Å². The quantitative estimate of drug-likeness (QED) is 0.800. The number of carbonyl (C=O) groups excluding carboxylic acids is 3. The first-order valence-electron chi connectivity index (χ1n) is 9.01. The summed E-state index contributed by atoms with van der Waals surface area (Å²) in [6, 6.07) is 10.7. The lowest BCUT2D eigenvalue weighted by Crippen LogP contribution is -2.50. The Morgan fingerprint density at radius 2 is 1.93 bits per heavy atom. The number of rotatable bonds is 6. The highest BCUT2D eigenvalue weighted by molar-refractivity contribution is 7.10. The highest BCUT2D eigenvalue weighted by Gasteiger charge is 2.24. The van der Waals surface area contributed by atoms with E-state index in [2.05, 4.69) is 24.6 Å². The minimum atomic E-state index is -0.191. The average Bonchev–Trinajstić information content (AvgIpc) is 3.17. The molecule has 3 amide bonds.